The normalized spacial score (nSPS) is 25.8. The van der Waals surface area contributed by atoms with Crippen LogP contribution in [0, 0.1) is 0 Å². The van der Waals surface area contributed by atoms with Gasteiger partial charge in [-0.05, 0) is 50.5 Å². The first-order valence-corrected chi connectivity index (χ1v) is 7.65. The maximum atomic E-state index is 10.7. The number of hydrogen-bond acceptors (Lipinski definition) is 4. The minimum atomic E-state index is -0.461. The van der Waals surface area contributed by atoms with Crippen molar-refractivity contribution in [2.24, 2.45) is 5.73 Å². The molecule has 21 heavy (non-hydrogen) atoms. The lowest BCUT2D eigenvalue weighted by Crippen LogP contribution is -2.30. The van der Waals surface area contributed by atoms with E-state index in [1.165, 1.54) is 19.3 Å². The Balaban J connectivity index is 1.52. The van der Waals surface area contributed by atoms with Crippen molar-refractivity contribution in [3.05, 3.63) is 24.3 Å². The average Bonchev–Trinajstić information content (AvgIpc) is 3.23. The van der Waals surface area contributed by atoms with Gasteiger partial charge in [0.2, 0.25) is 0 Å². The predicted octanol–water partition coefficient (Wildman–Crippen LogP) is 1.59. The van der Waals surface area contributed by atoms with Gasteiger partial charge in [0, 0.05) is 30.4 Å². The van der Waals surface area contributed by atoms with Crippen LogP contribution in [-0.4, -0.2) is 42.1 Å². The number of ether oxygens (including phenoxy) is 1. The van der Waals surface area contributed by atoms with E-state index >= 15 is 0 Å². The Morgan fingerprint density at radius 2 is 2.10 bits per heavy atom. The number of benzene rings is 1. The van der Waals surface area contributed by atoms with Gasteiger partial charge in [0.1, 0.15) is 5.75 Å². The van der Waals surface area contributed by atoms with Gasteiger partial charge in [-0.2, -0.15) is 0 Å². The van der Waals surface area contributed by atoms with Gasteiger partial charge in [-0.1, -0.05) is 0 Å². The molecule has 0 spiro atoms. The summed E-state index contributed by atoms with van der Waals surface area (Å²) in [5.74, 6) is 0.205. The van der Waals surface area contributed by atoms with Crippen LogP contribution in [0.1, 0.15) is 26.2 Å². The van der Waals surface area contributed by atoms with Crippen LogP contribution in [0.5, 0.6) is 5.75 Å². The summed E-state index contributed by atoms with van der Waals surface area (Å²) in [5.41, 5.74) is 6.15. The molecule has 0 radical (unpaired) electrons. The molecule has 1 heterocycles. The fourth-order valence-corrected chi connectivity index (χ4v) is 3.11. The Hall–Kier alpha value is -1.75. The molecule has 3 rings (SSSR count). The van der Waals surface area contributed by atoms with Crippen molar-refractivity contribution < 1.29 is 9.53 Å². The molecule has 1 aliphatic carbocycles. The largest absolute Gasteiger partial charge is 0.484 e. The smallest absolute Gasteiger partial charge is 0.255 e. The molecule has 1 saturated carbocycles. The quantitative estimate of drug-likeness (QED) is 0.834. The van der Waals surface area contributed by atoms with Crippen LogP contribution in [0.4, 0.5) is 5.69 Å². The number of carbonyl (C=O) groups excluding carboxylic acids is 1. The second-order valence-corrected chi connectivity index (χ2v) is 6.13. The van der Waals surface area contributed by atoms with E-state index in [1.807, 2.05) is 24.3 Å². The molecular formula is C16H23N3O2. The molecule has 2 unspecified atom stereocenters. The van der Waals surface area contributed by atoms with E-state index in [9.17, 15) is 4.79 Å². The molecule has 2 aliphatic rings. The van der Waals surface area contributed by atoms with Crippen molar-refractivity contribution in [3.63, 3.8) is 0 Å². The molecule has 2 atom stereocenters. The minimum Gasteiger partial charge on any atom is -0.484 e. The summed E-state index contributed by atoms with van der Waals surface area (Å²) in [4.78, 5) is 13.3. The van der Waals surface area contributed by atoms with Gasteiger partial charge in [0.25, 0.3) is 5.91 Å². The summed E-state index contributed by atoms with van der Waals surface area (Å²) in [6.07, 6.45) is 3.92. The van der Waals surface area contributed by atoms with Crippen molar-refractivity contribution in [3.8, 4) is 5.75 Å². The summed E-state index contributed by atoms with van der Waals surface area (Å²) < 4.78 is 5.26. The fraction of sp³-hybridized carbons (Fsp3) is 0.562. The molecule has 5 nitrogen and oxygen atoms in total. The number of primary amides is 1. The van der Waals surface area contributed by atoms with E-state index in [0.29, 0.717) is 17.8 Å². The zero-order valence-corrected chi connectivity index (χ0v) is 12.4. The van der Waals surface area contributed by atoms with Crippen LogP contribution < -0.4 is 15.8 Å². The van der Waals surface area contributed by atoms with Gasteiger partial charge in [-0.25, -0.2) is 0 Å². The Labute approximate surface area is 125 Å². The lowest BCUT2D eigenvalue weighted by atomic mass is 10.2. The van der Waals surface area contributed by atoms with Crippen molar-refractivity contribution in [1.82, 2.24) is 4.90 Å². The van der Waals surface area contributed by atoms with Crippen molar-refractivity contribution in [2.45, 2.75) is 44.3 Å². The minimum absolute atomic E-state index is 0.0801. The number of likely N-dealkylation sites (tertiary alicyclic amines) is 1. The molecule has 2 fully saturated rings. The van der Waals surface area contributed by atoms with Gasteiger partial charge in [0.05, 0.1) is 0 Å². The van der Waals surface area contributed by atoms with E-state index in [1.54, 1.807) is 0 Å². The summed E-state index contributed by atoms with van der Waals surface area (Å²) in [7, 11) is 0. The highest BCUT2D eigenvalue weighted by Gasteiger charge is 2.38. The third-order valence-corrected chi connectivity index (χ3v) is 4.25. The van der Waals surface area contributed by atoms with Crippen LogP contribution in [0.3, 0.4) is 0 Å². The third kappa shape index (κ3) is 3.67. The highest BCUT2D eigenvalue weighted by molar-refractivity contribution is 5.75. The molecule has 0 bridgehead atoms. The molecular weight excluding hydrogens is 266 g/mol. The number of rotatable bonds is 6. The molecule has 1 amide bonds. The maximum Gasteiger partial charge on any atom is 0.255 e. The molecule has 1 aromatic carbocycles. The van der Waals surface area contributed by atoms with E-state index in [-0.39, 0.29) is 6.61 Å². The first-order valence-electron chi connectivity index (χ1n) is 7.65. The number of amides is 1. The number of nitrogens with zero attached hydrogens (tertiary/aromatic N) is 1. The first-order chi connectivity index (χ1) is 10.1. The van der Waals surface area contributed by atoms with Crippen LogP contribution in [0.2, 0.25) is 0 Å². The molecule has 1 saturated heterocycles. The molecule has 114 valence electrons. The number of nitrogens with one attached hydrogen (secondary N) is 1. The predicted molar refractivity (Wildman–Crippen MR) is 82.3 cm³/mol. The topological polar surface area (TPSA) is 67.6 Å². The van der Waals surface area contributed by atoms with Crippen molar-refractivity contribution in [1.29, 1.82) is 0 Å². The SMILES string of the molecule is CC1CC(Nc2ccc(OCC(N)=O)cc2)CN1C1CC1. The van der Waals surface area contributed by atoms with E-state index < -0.39 is 5.91 Å². The average molecular weight is 289 g/mol. The highest BCUT2D eigenvalue weighted by Crippen LogP contribution is 2.34. The monoisotopic (exact) mass is 289 g/mol. The Kier molecular flexibility index (Phi) is 4.01. The zero-order valence-electron chi connectivity index (χ0n) is 12.4. The Morgan fingerprint density at radius 1 is 1.38 bits per heavy atom. The number of anilines is 1. The molecule has 1 aromatic rings. The first kappa shape index (κ1) is 14.2. The second kappa shape index (κ2) is 5.93. The van der Waals surface area contributed by atoms with Gasteiger partial charge >= 0.3 is 0 Å². The summed E-state index contributed by atoms with van der Waals surface area (Å²) in [5, 5.41) is 3.59. The van der Waals surface area contributed by atoms with Crippen LogP contribution in [0.15, 0.2) is 24.3 Å². The van der Waals surface area contributed by atoms with Crippen LogP contribution in [-0.2, 0) is 4.79 Å². The van der Waals surface area contributed by atoms with Gasteiger partial charge < -0.3 is 15.8 Å². The fourth-order valence-electron chi connectivity index (χ4n) is 3.11. The molecule has 3 N–H and O–H groups in total. The zero-order chi connectivity index (χ0) is 14.8. The summed E-state index contributed by atoms with van der Waals surface area (Å²) >= 11 is 0. The highest BCUT2D eigenvalue weighted by atomic mass is 16.5. The van der Waals surface area contributed by atoms with Crippen molar-refractivity contribution >= 4 is 11.6 Å². The number of nitrogens with two attached hydrogens (primary N) is 1. The van der Waals surface area contributed by atoms with Crippen LogP contribution in [0.25, 0.3) is 0 Å². The Bertz CT molecular complexity index is 499. The number of carbonyl (C=O) groups is 1. The summed E-state index contributed by atoms with van der Waals surface area (Å²) in [6.45, 7) is 3.37. The lowest BCUT2D eigenvalue weighted by molar-refractivity contribution is -0.119. The second-order valence-electron chi connectivity index (χ2n) is 6.13. The van der Waals surface area contributed by atoms with E-state index in [2.05, 4.69) is 17.1 Å². The maximum absolute atomic E-state index is 10.7. The standard InChI is InChI=1S/C16H23N3O2/c1-11-8-13(9-19(11)14-4-5-14)18-12-2-6-15(7-3-12)21-10-16(17)20/h2-3,6-7,11,13-14,18H,4-5,8-10H2,1H3,(H2,17,20). The number of hydrogen-bond donors (Lipinski definition) is 2. The van der Waals surface area contributed by atoms with Gasteiger partial charge in [0.15, 0.2) is 6.61 Å². The van der Waals surface area contributed by atoms with Crippen LogP contribution >= 0.6 is 0 Å². The molecule has 5 heteroatoms. The molecule has 1 aliphatic heterocycles. The van der Waals surface area contributed by atoms with E-state index in [0.717, 1.165) is 18.3 Å². The van der Waals surface area contributed by atoms with E-state index in [4.69, 9.17) is 10.5 Å². The van der Waals surface area contributed by atoms with Gasteiger partial charge in [-0.3, -0.25) is 9.69 Å². The molecule has 0 aromatic heterocycles. The lowest BCUT2D eigenvalue weighted by Gasteiger charge is -2.20. The van der Waals surface area contributed by atoms with Crippen molar-refractivity contribution in [2.75, 3.05) is 18.5 Å². The van der Waals surface area contributed by atoms with Gasteiger partial charge in [-0.15, -0.1) is 0 Å². The Morgan fingerprint density at radius 3 is 2.71 bits per heavy atom. The third-order valence-electron chi connectivity index (χ3n) is 4.25. The summed E-state index contributed by atoms with van der Waals surface area (Å²) in [6, 6.07) is 9.72.